The van der Waals surface area contributed by atoms with Crippen LogP contribution in [0.25, 0.3) is 11.4 Å². The van der Waals surface area contributed by atoms with Gasteiger partial charge in [0.2, 0.25) is 0 Å². The first-order valence-corrected chi connectivity index (χ1v) is 8.12. The maximum atomic E-state index is 9.15. The molecule has 0 fully saturated rings. The lowest BCUT2D eigenvalue weighted by molar-refractivity contribution is 0.679. The zero-order chi connectivity index (χ0) is 16.5. The SMILES string of the molecule is C=CCn1c(SC[C@@H](C#N)CCC#N)nnc1-c1ccncc1. The first-order chi connectivity index (χ1) is 11.3. The molecule has 0 aliphatic heterocycles. The standard InChI is InChI=1S/C16H16N6S/c1-2-10-22-15(14-5-8-19-9-6-14)20-21-16(22)23-12-13(11-18)4-3-7-17/h2,5-6,8-9,13H,1,3-4,10,12H2/t13-/m1/s1. The van der Waals surface area contributed by atoms with E-state index in [4.69, 9.17) is 10.5 Å². The van der Waals surface area contributed by atoms with Gasteiger partial charge in [-0.3, -0.25) is 9.55 Å². The number of hydrogen-bond acceptors (Lipinski definition) is 6. The first-order valence-electron chi connectivity index (χ1n) is 7.14. The average Bonchev–Trinajstić information content (AvgIpc) is 2.99. The van der Waals surface area contributed by atoms with Crippen molar-refractivity contribution < 1.29 is 0 Å². The second kappa shape index (κ2) is 8.72. The van der Waals surface area contributed by atoms with E-state index in [1.54, 1.807) is 18.5 Å². The van der Waals surface area contributed by atoms with Crippen LogP contribution in [-0.4, -0.2) is 25.5 Å². The molecule has 2 heterocycles. The van der Waals surface area contributed by atoms with Crippen molar-refractivity contribution in [2.45, 2.75) is 24.5 Å². The fourth-order valence-electron chi connectivity index (χ4n) is 2.00. The van der Waals surface area contributed by atoms with Crippen molar-refractivity contribution in [3.05, 3.63) is 37.2 Å². The highest BCUT2D eigenvalue weighted by molar-refractivity contribution is 7.99. The lowest BCUT2D eigenvalue weighted by Crippen LogP contribution is -2.04. The van der Waals surface area contributed by atoms with E-state index in [0.29, 0.717) is 25.1 Å². The molecule has 0 aliphatic rings. The molecular weight excluding hydrogens is 308 g/mol. The van der Waals surface area contributed by atoms with Crippen LogP contribution in [0, 0.1) is 28.6 Å². The summed E-state index contributed by atoms with van der Waals surface area (Å²) in [5.41, 5.74) is 0.933. The van der Waals surface area contributed by atoms with Gasteiger partial charge in [-0.05, 0) is 18.6 Å². The Morgan fingerprint density at radius 2 is 2.09 bits per heavy atom. The van der Waals surface area contributed by atoms with E-state index in [9.17, 15) is 0 Å². The van der Waals surface area contributed by atoms with E-state index in [1.165, 1.54) is 11.8 Å². The molecule has 0 spiro atoms. The van der Waals surface area contributed by atoms with Gasteiger partial charge in [0.15, 0.2) is 11.0 Å². The van der Waals surface area contributed by atoms with Crippen molar-refractivity contribution in [2.24, 2.45) is 5.92 Å². The van der Waals surface area contributed by atoms with Crippen molar-refractivity contribution >= 4 is 11.8 Å². The summed E-state index contributed by atoms with van der Waals surface area (Å²) in [5, 5.41) is 27.0. The molecule has 7 heteroatoms. The van der Waals surface area contributed by atoms with Gasteiger partial charge >= 0.3 is 0 Å². The summed E-state index contributed by atoms with van der Waals surface area (Å²) in [7, 11) is 0. The summed E-state index contributed by atoms with van der Waals surface area (Å²) in [4.78, 5) is 4.01. The van der Waals surface area contributed by atoms with Crippen LogP contribution in [-0.2, 0) is 6.54 Å². The number of rotatable bonds is 8. The van der Waals surface area contributed by atoms with Crippen molar-refractivity contribution in [3.8, 4) is 23.5 Å². The third-order valence-electron chi connectivity index (χ3n) is 3.17. The van der Waals surface area contributed by atoms with Crippen LogP contribution in [0.4, 0.5) is 0 Å². The predicted molar refractivity (Wildman–Crippen MR) is 88.1 cm³/mol. The summed E-state index contributed by atoms with van der Waals surface area (Å²) in [5.74, 6) is 1.17. The van der Waals surface area contributed by atoms with Crippen molar-refractivity contribution in [2.75, 3.05) is 5.75 Å². The van der Waals surface area contributed by atoms with Gasteiger partial charge in [-0.25, -0.2) is 0 Å². The zero-order valence-corrected chi connectivity index (χ0v) is 13.4. The van der Waals surface area contributed by atoms with Gasteiger partial charge in [-0.1, -0.05) is 17.8 Å². The van der Waals surface area contributed by atoms with Gasteiger partial charge in [-0.15, -0.1) is 16.8 Å². The van der Waals surface area contributed by atoms with E-state index in [0.717, 1.165) is 16.5 Å². The summed E-state index contributed by atoms with van der Waals surface area (Å²) in [6, 6.07) is 8.07. The molecule has 0 radical (unpaired) electrons. The Balaban J connectivity index is 2.17. The van der Waals surface area contributed by atoms with Crippen molar-refractivity contribution in [1.82, 2.24) is 19.7 Å². The predicted octanol–water partition coefficient (Wildman–Crippen LogP) is 3.06. The lowest BCUT2D eigenvalue weighted by Gasteiger charge is -2.09. The summed E-state index contributed by atoms with van der Waals surface area (Å²) in [6.07, 6.45) is 6.17. The monoisotopic (exact) mass is 324 g/mol. The third-order valence-corrected chi connectivity index (χ3v) is 4.30. The molecule has 2 rings (SSSR count). The van der Waals surface area contributed by atoms with E-state index in [1.807, 2.05) is 16.7 Å². The zero-order valence-electron chi connectivity index (χ0n) is 12.6. The molecule has 116 valence electrons. The fourth-order valence-corrected chi connectivity index (χ4v) is 3.01. The maximum Gasteiger partial charge on any atom is 0.191 e. The quantitative estimate of drug-likeness (QED) is 0.547. The van der Waals surface area contributed by atoms with E-state index in [-0.39, 0.29) is 5.92 Å². The minimum Gasteiger partial charge on any atom is -0.298 e. The molecule has 0 bridgehead atoms. The molecule has 1 atom stereocenters. The third kappa shape index (κ3) is 4.41. The summed E-state index contributed by atoms with van der Waals surface area (Å²) < 4.78 is 1.96. The Morgan fingerprint density at radius 1 is 1.30 bits per heavy atom. The van der Waals surface area contributed by atoms with Crippen molar-refractivity contribution in [1.29, 1.82) is 10.5 Å². The molecule has 23 heavy (non-hydrogen) atoms. The molecule has 0 aliphatic carbocycles. The number of nitrogens with zero attached hydrogens (tertiary/aromatic N) is 6. The maximum absolute atomic E-state index is 9.15. The fraction of sp³-hybridized carbons (Fsp3) is 0.312. The number of allylic oxidation sites excluding steroid dienone is 1. The lowest BCUT2D eigenvalue weighted by atomic mass is 10.1. The van der Waals surface area contributed by atoms with Gasteiger partial charge in [0.05, 0.1) is 18.1 Å². The average molecular weight is 324 g/mol. The van der Waals surface area contributed by atoms with Crippen LogP contribution >= 0.6 is 11.8 Å². The van der Waals surface area contributed by atoms with Gasteiger partial charge in [0.25, 0.3) is 0 Å². The van der Waals surface area contributed by atoms with Gasteiger partial charge in [0, 0.05) is 36.7 Å². The number of hydrogen-bond donors (Lipinski definition) is 0. The Bertz CT molecular complexity index is 725. The normalized spacial score (nSPS) is 11.4. The first kappa shape index (κ1) is 16.7. The van der Waals surface area contributed by atoms with Crippen LogP contribution < -0.4 is 0 Å². The topological polar surface area (TPSA) is 91.2 Å². The molecule has 0 saturated heterocycles. The van der Waals surface area contributed by atoms with Gasteiger partial charge in [-0.2, -0.15) is 10.5 Å². The molecule has 0 unspecified atom stereocenters. The molecule has 2 aromatic heterocycles. The highest BCUT2D eigenvalue weighted by Crippen LogP contribution is 2.26. The molecular formula is C16H16N6S. The minimum atomic E-state index is -0.169. The Morgan fingerprint density at radius 3 is 2.74 bits per heavy atom. The highest BCUT2D eigenvalue weighted by Gasteiger charge is 2.15. The Kier molecular flexibility index (Phi) is 6.34. The second-order valence-electron chi connectivity index (χ2n) is 4.78. The summed E-state index contributed by atoms with van der Waals surface area (Å²) >= 11 is 1.48. The Hall–Kier alpha value is -2.64. The van der Waals surface area contributed by atoms with Crippen LogP contribution in [0.1, 0.15) is 12.8 Å². The molecule has 0 amide bonds. The van der Waals surface area contributed by atoms with E-state index >= 15 is 0 Å². The minimum absolute atomic E-state index is 0.169. The van der Waals surface area contributed by atoms with Crippen LogP contribution in [0.5, 0.6) is 0 Å². The number of thioether (sulfide) groups is 1. The van der Waals surface area contributed by atoms with E-state index < -0.39 is 0 Å². The molecule has 2 aromatic rings. The molecule has 0 N–H and O–H groups in total. The highest BCUT2D eigenvalue weighted by atomic mass is 32.2. The number of nitriles is 2. The summed E-state index contributed by atoms with van der Waals surface area (Å²) in [6.45, 7) is 4.36. The molecule has 0 saturated carbocycles. The van der Waals surface area contributed by atoms with E-state index in [2.05, 4.69) is 33.9 Å². The number of pyridine rings is 1. The van der Waals surface area contributed by atoms with Gasteiger partial charge < -0.3 is 0 Å². The second-order valence-corrected chi connectivity index (χ2v) is 5.76. The van der Waals surface area contributed by atoms with Gasteiger partial charge in [0.1, 0.15) is 0 Å². The largest absolute Gasteiger partial charge is 0.298 e. The van der Waals surface area contributed by atoms with Crippen molar-refractivity contribution in [3.63, 3.8) is 0 Å². The van der Waals surface area contributed by atoms with Crippen LogP contribution in [0.2, 0.25) is 0 Å². The molecule has 0 aromatic carbocycles. The Labute approximate surface area is 139 Å². The number of aromatic nitrogens is 4. The molecule has 6 nitrogen and oxygen atoms in total. The van der Waals surface area contributed by atoms with Crippen LogP contribution in [0.15, 0.2) is 42.3 Å². The van der Waals surface area contributed by atoms with Crippen LogP contribution in [0.3, 0.4) is 0 Å². The smallest absolute Gasteiger partial charge is 0.191 e.